The lowest BCUT2D eigenvalue weighted by atomic mass is 9.71. The molecule has 2 nitrogen and oxygen atoms in total. The smallest absolute Gasteiger partial charge is 0.0937 e. The third-order valence-corrected chi connectivity index (χ3v) is 6.70. The molecule has 0 radical (unpaired) electrons. The SMILES string of the molecule is Brc1ccc2c(c1)C1(c3cc(Br)ccc3-2)c2cccnc2-c2ncccc21. The van der Waals surface area contributed by atoms with Crippen LogP contribution in [0.5, 0.6) is 0 Å². The van der Waals surface area contributed by atoms with Crippen LogP contribution in [-0.4, -0.2) is 9.97 Å². The van der Waals surface area contributed by atoms with Gasteiger partial charge in [0.1, 0.15) is 0 Å². The summed E-state index contributed by atoms with van der Waals surface area (Å²) in [5.41, 5.74) is 9.09. The molecule has 0 fully saturated rings. The maximum absolute atomic E-state index is 4.72. The monoisotopic (exact) mass is 474 g/mol. The normalized spacial score (nSPS) is 14.6. The molecule has 2 aromatic heterocycles. The second-order valence-corrected chi connectivity index (χ2v) is 8.76. The number of benzene rings is 2. The second kappa shape index (κ2) is 5.37. The number of nitrogens with zero attached hydrogens (tertiary/aromatic N) is 2. The van der Waals surface area contributed by atoms with Crippen molar-refractivity contribution in [3.63, 3.8) is 0 Å². The molecular formula is C23H12Br2N2. The number of hydrogen-bond acceptors (Lipinski definition) is 2. The lowest BCUT2D eigenvalue weighted by Gasteiger charge is -2.29. The van der Waals surface area contributed by atoms with Crippen LogP contribution in [0.25, 0.3) is 22.5 Å². The average Bonchev–Trinajstić information content (AvgIpc) is 3.14. The summed E-state index contributed by atoms with van der Waals surface area (Å²) in [6, 6.07) is 21.6. The topological polar surface area (TPSA) is 25.8 Å². The molecule has 0 unspecified atom stereocenters. The average molecular weight is 476 g/mol. The molecule has 1 spiro atoms. The predicted octanol–water partition coefficient (Wildman–Crippen LogP) is 6.35. The molecule has 27 heavy (non-hydrogen) atoms. The van der Waals surface area contributed by atoms with Crippen molar-refractivity contribution in [2.75, 3.05) is 0 Å². The van der Waals surface area contributed by atoms with E-state index in [0.717, 1.165) is 20.3 Å². The van der Waals surface area contributed by atoms with Gasteiger partial charge in [-0.2, -0.15) is 0 Å². The van der Waals surface area contributed by atoms with E-state index in [1.807, 2.05) is 24.5 Å². The minimum absolute atomic E-state index is 0.384. The van der Waals surface area contributed by atoms with E-state index in [1.54, 1.807) is 0 Å². The first-order valence-electron chi connectivity index (χ1n) is 8.73. The van der Waals surface area contributed by atoms with E-state index in [4.69, 9.17) is 9.97 Å². The highest BCUT2D eigenvalue weighted by atomic mass is 79.9. The minimum atomic E-state index is -0.384. The molecule has 0 N–H and O–H groups in total. The number of aromatic nitrogens is 2. The van der Waals surface area contributed by atoms with Crippen LogP contribution in [0.2, 0.25) is 0 Å². The van der Waals surface area contributed by atoms with Crippen LogP contribution in [0.1, 0.15) is 22.3 Å². The van der Waals surface area contributed by atoms with Gasteiger partial charge in [0, 0.05) is 21.3 Å². The summed E-state index contributed by atoms with van der Waals surface area (Å²) in [5.74, 6) is 0. The summed E-state index contributed by atoms with van der Waals surface area (Å²) in [4.78, 5) is 9.45. The third-order valence-electron chi connectivity index (χ3n) is 5.71. The Hall–Kier alpha value is -2.30. The van der Waals surface area contributed by atoms with Crippen molar-refractivity contribution < 1.29 is 0 Å². The van der Waals surface area contributed by atoms with E-state index >= 15 is 0 Å². The van der Waals surface area contributed by atoms with Crippen molar-refractivity contribution in [1.82, 2.24) is 9.97 Å². The lowest BCUT2D eigenvalue weighted by molar-refractivity contribution is 0.788. The van der Waals surface area contributed by atoms with E-state index in [2.05, 4.69) is 80.4 Å². The molecule has 6 rings (SSSR count). The van der Waals surface area contributed by atoms with Crippen LogP contribution in [0.4, 0.5) is 0 Å². The van der Waals surface area contributed by atoms with Gasteiger partial charge in [-0.3, -0.25) is 9.97 Å². The summed E-state index contributed by atoms with van der Waals surface area (Å²) in [6.45, 7) is 0. The molecule has 2 aliphatic carbocycles. The molecule has 2 aliphatic rings. The Balaban J connectivity index is 1.88. The van der Waals surface area contributed by atoms with Crippen molar-refractivity contribution in [2.45, 2.75) is 5.41 Å². The van der Waals surface area contributed by atoms with Gasteiger partial charge in [0.2, 0.25) is 0 Å². The van der Waals surface area contributed by atoms with Crippen LogP contribution >= 0.6 is 31.9 Å². The Kier molecular flexibility index (Phi) is 3.13. The summed E-state index contributed by atoms with van der Waals surface area (Å²) in [5, 5.41) is 0. The van der Waals surface area contributed by atoms with Crippen LogP contribution in [0, 0.1) is 0 Å². The van der Waals surface area contributed by atoms with Gasteiger partial charge in [-0.15, -0.1) is 0 Å². The van der Waals surface area contributed by atoms with Gasteiger partial charge >= 0.3 is 0 Å². The zero-order chi connectivity index (χ0) is 18.2. The van der Waals surface area contributed by atoms with Gasteiger partial charge < -0.3 is 0 Å². The highest BCUT2D eigenvalue weighted by Crippen LogP contribution is 2.62. The van der Waals surface area contributed by atoms with Crippen molar-refractivity contribution in [3.05, 3.63) is 104 Å². The van der Waals surface area contributed by atoms with Gasteiger partial charge in [-0.1, -0.05) is 56.1 Å². The number of pyridine rings is 2. The fourth-order valence-corrected chi connectivity index (χ4v) is 5.51. The summed E-state index contributed by atoms with van der Waals surface area (Å²) in [6.07, 6.45) is 3.71. The minimum Gasteiger partial charge on any atom is -0.254 e. The fourth-order valence-electron chi connectivity index (χ4n) is 4.79. The molecule has 0 amide bonds. The van der Waals surface area contributed by atoms with Gasteiger partial charge in [-0.25, -0.2) is 0 Å². The second-order valence-electron chi connectivity index (χ2n) is 6.93. The zero-order valence-corrected chi connectivity index (χ0v) is 17.3. The maximum atomic E-state index is 4.72. The van der Waals surface area contributed by atoms with E-state index in [-0.39, 0.29) is 5.41 Å². The van der Waals surface area contributed by atoms with E-state index in [9.17, 15) is 0 Å². The van der Waals surface area contributed by atoms with Crippen LogP contribution in [0.3, 0.4) is 0 Å². The van der Waals surface area contributed by atoms with Crippen molar-refractivity contribution in [2.24, 2.45) is 0 Å². The molecule has 0 bridgehead atoms. The molecule has 0 saturated heterocycles. The predicted molar refractivity (Wildman–Crippen MR) is 114 cm³/mol. The van der Waals surface area contributed by atoms with Gasteiger partial charge in [-0.05, 0) is 69.8 Å². The van der Waals surface area contributed by atoms with Crippen molar-refractivity contribution in [3.8, 4) is 22.5 Å². The molecule has 4 aromatic rings. The summed E-state index contributed by atoms with van der Waals surface area (Å²) < 4.78 is 2.16. The number of rotatable bonds is 0. The molecular weight excluding hydrogens is 464 g/mol. The molecule has 4 heteroatoms. The molecule has 2 heterocycles. The van der Waals surface area contributed by atoms with Gasteiger partial charge in [0.25, 0.3) is 0 Å². The highest BCUT2D eigenvalue weighted by Gasteiger charge is 2.52. The Morgan fingerprint density at radius 3 is 1.56 bits per heavy atom. The molecule has 0 aliphatic heterocycles. The van der Waals surface area contributed by atoms with Crippen molar-refractivity contribution >= 4 is 31.9 Å². The standard InChI is InChI=1S/C23H12Br2N2/c24-13-5-7-15-16-8-6-14(25)12-20(16)23(19(15)11-13)17-3-1-9-26-21(17)22-18(23)4-2-10-27-22/h1-12H. The van der Waals surface area contributed by atoms with Gasteiger partial charge in [0.05, 0.1) is 16.8 Å². The van der Waals surface area contributed by atoms with Crippen LogP contribution in [-0.2, 0) is 5.41 Å². The number of fused-ring (bicyclic) bond motifs is 10. The summed E-state index contributed by atoms with van der Waals surface area (Å²) >= 11 is 7.39. The molecule has 0 atom stereocenters. The first-order chi connectivity index (χ1) is 13.2. The fraction of sp³-hybridized carbons (Fsp3) is 0.0435. The largest absolute Gasteiger partial charge is 0.254 e. The Labute approximate surface area is 173 Å². The van der Waals surface area contributed by atoms with E-state index < -0.39 is 0 Å². The molecule has 0 saturated carbocycles. The lowest BCUT2D eigenvalue weighted by Crippen LogP contribution is -2.26. The van der Waals surface area contributed by atoms with E-state index in [1.165, 1.54) is 33.4 Å². The third kappa shape index (κ3) is 1.85. The Morgan fingerprint density at radius 2 is 1.07 bits per heavy atom. The van der Waals surface area contributed by atoms with Gasteiger partial charge in [0.15, 0.2) is 0 Å². The quantitative estimate of drug-likeness (QED) is 0.256. The zero-order valence-electron chi connectivity index (χ0n) is 14.1. The summed E-state index contributed by atoms with van der Waals surface area (Å²) in [7, 11) is 0. The van der Waals surface area contributed by atoms with Crippen LogP contribution in [0.15, 0.2) is 82.0 Å². The number of halogens is 2. The Bertz CT molecular complexity index is 1160. The van der Waals surface area contributed by atoms with Crippen molar-refractivity contribution in [1.29, 1.82) is 0 Å². The highest BCUT2D eigenvalue weighted by molar-refractivity contribution is 9.10. The first-order valence-corrected chi connectivity index (χ1v) is 10.3. The number of hydrogen-bond donors (Lipinski definition) is 0. The molecule has 2 aromatic carbocycles. The Morgan fingerprint density at radius 1 is 0.593 bits per heavy atom. The van der Waals surface area contributed by atoms with Crippen LogP contribution < -0.4 is 0 Å². The first kappa shape index (κ1) is 15.7. The molecule has 128 valence electrons. The van der Waals surface area contributed by atoms with E-state index in [0.29, 0.717) is 0 Å². The maximum Gasteiger partial charge on any atom is 0.0937 e.